The van der Waals surface area contributed by atoms with Gasteiger partial charge in [0.1, 0.15) is 30.8 Å². The van der Waals surface area contributed by atoms with Gasteiger partial charge in [-0.05, 0) is 38.7 Å². The second kappa shape index (κ2) is 26.1. The van der Waals surface area contributed by atoms with Crippen LogP contribution in [0.1, 0.15) is 97.5 Å². The van der Waals surface area contributed by atoms with Gasteiger partial charge in [0.2, 0.25) is 23.8 Å². The molecular weight excluding hydrogens is 676 g/mol. The van der Waals surface area contributed by atoms with E-state index in [9.17, 15) is 33.6 Å². The SMILES string of the molecule is CCCCCCC(=O)N[C@H](CCC(=O)N[C@@H](/C=C/C[C@H](OC(=O)[C@H](C)N)C(=O)OCCCC)C(=O)N[C@H](C)C(=O)OC)C(=O)OCc1ccccc1. The number of rotatable bonds is 25. The Kier molecular flexibility index (Phi) is 22.7. The Morgan fingerprint density at radius 3 is 2.08 bits per heavy atom. The van der Waals surface area contributed by atoms with Crippen LogP contribution in [0.5, 0.6) is 0 Å². The van der Waals surface area contributed by atoms with E-state index in [1.807, 2.05) is 13.0 Å². The van der Waals surface area contributed by atoms with Crippen molar-refractivity contribution in [2.24, 2.45) is 5.73 Å². The summed E-state index contributed by atoms with van der Waals surface area (Å²) in [5, 5.41) is 7.66. The second-order valence-corrected chi connectivity index (χ2v) is 12.3. The minimum absolute atomic E-state index is 0.0349. The summed E-state index contributed by atoms with van der Waals surface area (Å²) in [7, 11) is 1.15. The highest BCUT2D eigenvalue weighted by molar-refractivity contribution is 5.92. The first-order valence-corrected chi connectivity index (χ1v) is 17.8. The van der Waals surface area contributed by atoms with Crippen molar-refractivity contribution in [3.8, 4) is 0 Å². The second-order valence-electron chi connectivity index (χ2n) is 12.3. The molecular formula is C37H56N4O11. The molecule has 0 spiro atoms. The molecule has 0 saturated heterocycles. The maximum absolute atomic E-state index is 13.2. The van der Waals surface area contributed by atoms with Gasteiger partial charge in [0, 0.05) is 19.3 Å². The molecule has 0 aliphatic heterocycles. The van der Waals surface area contributed by atoms with E-state index < -0.39 is 66.0 Å². The molecule has 0 bridgehead atoms. The first-order valence-electron chi connectivity index (χ1n) is 17.8. The average molecular weight is 733 g/mol. The number of carbonyl (C=O) groups excluding carboxylic acids is 7. The largest absolute Gasteiger partial charge is 0.467 e. The van der Waals surface area contributed by atoms with Gasteiger partial charge in [-0.1, -0.05) is 82.0 Å². The number of esters is 4. The van der Waals surface area contributed by atoms with E-state index in [-0.39, 0.29) is 44.8 Å². The van der Waals surface area contributed by atoms with Crippen molar-refractivity contribution < 1.29 is 52.5 Å². The lowest BCUT2D eigenvalue weighted by Gasteiger charge is -2.20. The number of methoxy groups -OCH3 is 1. The first-order chi connectivity index (χ1) is 24.8. The van der Waals surface area contributed by atoms with Gasteiger partial charge in [-0.25, -0.2) is 14.4 Å². The molecule has 15 nitrogen and oxygen atoms in total. The molecule has 0 aliphatic carbocycles. The molecule has 0 saturated carbocycles. The van der Waals surface area contributed by atoms with Gasteiger partial charge < -0.3 is 40.6 Å². The molecule has 15 heteroatoms. The van der Waals surface area contributed by atoms with Crippen LogP contribution < -0.4 is 21.7 Å². The summed E-state index contributed by atoms with van der Waals surface area (Å²) < 4.78 is 20.5. The molecule has 3 amide bonds. The highest BCUT2D eigenvalue weighted by atomic mass is 16.6. The van der Waals surface area contributed by atoms with E-state index in [2.05, 4.69) is 27.6 Å². The zero-order valence-electron chi connectivity index (χ0n) is 31.0. The Bertz CT molecular complexity index is 1320. The maximum atomic E-state index is 13.2. The Morgan fingerprint density at radius 1 is 0.769 bits per heavy atom. The summed E-state index contributed by atoms with van der Waals surface area (Å²) in [5.74, 6) is -4.94. The van der Waals surface area contributed by atoms with Crippen LogP contribution in [0.2, 0.25) is 0 Å². The summed E-state index contributed by atoms with van der Waals surface area (Å²) in [6.07, 6.45) is 5.57. The molecule has 1 rings (SSSR count). The van der Waals surface area contributed by atoms with Crippen molar-refractivity contribution in [1.29, 1.82) is 0 Å². The van der Waals surface area contributed by atoms with E-state index in [1.165, 1.54) is 26.0 Å². The van der Waals surface area contributed by atoms with Crippen LogP contribution in [0.3, 0.4) is 0 Å². The van der Waals surface area contributed by atoms with E-state index >= 15 is 0 Å². The molecule has 0 radical (unpaired) electrons. The van der Waals surface area contributed by atoms with Crippen LogP contribution in [-0.2, 0) is 59.1 Å². The van der Waals surface area contributed by atoms with Gasteiger partial charge in [0.15, 0.2) is 0 Å². The van der Waals surface area contributed by atoms with Gasteiger partial charge in [0.25, 0.3) is 0 Å². The topological polar surface area (TPSA) is 219 Å². The summed E-state index contributed by atoms with van der Waals surface area (Å²) in [5.41, 5.74) is 6.34. The summed E-state index contributed by atoms with van der Waals surface area (Å²) in [6, 6.07) is 4.36. The summed E-state index contributed by atoms with van der Waals surface area (Å²) >= 11 is 0. The minimum Gasteiger partial charge on any atom is -0.467 e. The number of unbranched alkanes of at least 4 members (excludes halogenated alkanes) is 4. The summed E-state index contributed by atoms with van der Waals surface area (Å²) in [6.45, 7) is 6.82. The Labute approximate surface area is 306 Å². The Balaban J connectivity index is 3.13. The third kappa shape index (κ3) is 19.0. The lowest BCUT2D eigenvalue weighted by molar-refractivity contribution is -0.168. The fourth-order valence-electron chi connectivity index (χ4n) is 4.51. The van der Waals surface area contributed by atoms with E-state index in [4.69, 9.17) is 19.9 Å². The van der Waals surface area contributed by atoms with Crippen LogP contribution in [-0.4, -0.2) is 85.6 Å². The van der Waals surface area contributed by atoms with Gasteiger partial charge in [0.05, 0.1) is 13.7 Å². The first kappa shape index (κ1) is 45.2. The Hall–Kier alpha value is -4.79. The zero-order chi connectivity index (χ0) is 38.9. The fraction of sp³-hybridized carbons (Fsp3) is 0.595. The van der Waals surface area contributed by atoms with Crippen LogP contribution in [0.15, 0.2) is 42.5 Å². The number of amides is 3. The zero-order valence-corrected chi connectivity index (χ0v) is 31.0. The van der Waals surface area contributed by atoms with Crippen molar-refractivity contribution in [2.45, 2.75) is 129 Å². The van der Waals surface area contributed by atoms with Crippen molar-refractivity contribution in [3.63, 3.8) is 0 Å². The normalized spacial score (nSPS) is 13.8. The molecule has 5 atom stereocenters. The fourth-order valence-corrected chi connectivity index (χ4v) is 4.51. The summed E-state index contributed by atoms with van der Waals surface area (Å²) in [4.78, 5) is 89.0. The molecule has 0 fully saturated rings. The van der Waals surface area contributed by atoms with Gasteiger partial charge in [-0.15, -0.1) is 0 Å². The standard InChI is InChI=1S/C37H56N4O11/c1-6-8-10-14-20-31(42)41-29(36(47)51-24-27-16-12-11-13-17-27)21-22-32(43)40-28(33(44)39-26(4)35(46)49-5)18-15-19-30(52-34(45)25(3)38)37(48)50-23-9-7-2/h11-13,15-18,25-26,28-30H,6-10,14,19-24,38H2,1-5H3,(H,39,44)(H,40,43)(H,41,42)/b18-15+/t25-,26+,28-,29+,30-/m0/s1. The molecule has 0 aliphatic rings. The van der Waals surface area contributed by atoms with Crippen LogP contribution in [0.25, 0.3) is 0 Å². The van der Waals surface area contributed by atoms with Crippen molar-refractivity contribution in [2.75, 3.05) is 13.7 Å². The van der Waals surface area contributed by atoms with Crippen molar-refractivity contribution in [1.82, 2.24) is 16.0 Å². The average Bonchev–Trinajstić information content (AvgIpc) is 3.12. The smallest absolute Gasteiger partial charge is 0.347 e. The highest BCUT2D eigenvalue weighted by Crippen LogP contribution is 2.10. The third-order valence-electron chi connectivity index (χ3n) is 7.59. The molecule has 0 unspecified atom stereocenters. The number of carbonyl (C=O) groups is 7. The molecule has 5 N–H and O–H groups in total. The monoisotopic (exact) mass is 732 g/mol. The molecule has 290 valence electrons. The van der Waals surface area contributed by atoms with Crippen LogP contribution in [0.4, 0.5) is 0 Å². The molecule has 1 aromatic rings. The number of benzene rings is 1. The third-order valence-corrected chi connectivity index (χ3v) is 7.59. The lowest BCUT2D eigenvalue weighted by atomic mass is 10.1. The maximum Gasteiger partial charge on any atom is 0.347 e. The molecule has 0 aromatic heterocycles. The van der Waals surface area contributed by atoms with E-state index in [0.29, 0.717) is 12.8 Å². The van der Waals surface area contributed by atoms with Crippen molar-refractivity contribution >= 4 is 41.6 Å². The van der Waals surface area contributed by atoms with Gasteiger partial charge in [-0.3, -0.25) is 19.2 Å². The van der Waals surface area contributed by atoms with E-state index in [0.717, 1.165) is 38.4 Å². The molecule has 1 aromatic carbocycles. The molecule has 52 heavy (non-hydrogen) atoms. The lowest BCUT2D eigenvalue weighted by Crippen LogP contribution is -2.50. The highest BCUT2D eigenvalue weighted by Gasteiger charge is 2.28. The van der Waals surface area contributed by atoms with Gasteiger partial charge in [-0.2, -0.15) is 0 Å². The minimum atomic E-state index is -1.38. The molecule has 0 heterocycles. The number of nitrogens with two attached hydrogens (primary N) is 1. The van der Waals surface area contributed by atoms with E-state index in [1.54, 1.807) is 24.3 Å². The number of hydrogen-bond donors (Lipinski definition) is 4. The van der Waals surface area contributed by atoms with Crippen LogP contribution in [0, 0.1) is 0 Å². The predicted octanol–water partition coefficient (Wildman–Crippen LogP) is 2.68. The van der Waals surface area contributed by atoms with Gasteiger partial charge >= 0.3 is 23.9 Å². The Morgan fingerprint density at radius 2 is 1.44 bits per heavy atom. The number of ether oxygens (including phenoxy) is 4. The quantitative estimate of drug-likeness (QED) is 0.0494. The predicted molar refractivity (Wildman–Crippen MR) is 191 cm³/mol. The van der Waals surface area contributed by atoms with Crippen molar-refractivity contribution in [3.05, 3.63) is 48.0 Å². The van der Waals surface area contributed by atoms with Crippen LogP contribution >= 0.6 is 0 Å². The number of hydrogen-bond acceptors (Lipinski definition) is 12. The number of nitrogens with one attached hydrogen (secondary N) is 3.